The van der Waals surface area contributed by atoms with Gasteiger partial charge in [0.25, 0.3) is 0 Å². The van der Waals surface area contributed by atoms with E-state index in [1.165, 1.54) is 57.8 Å². The van der Waals surface area contributed by atoms with Crippen LogP contribution in [-0.2, 0) is 0 Å². The van der Waals surface area contributed by atoms with E-state index in [9.17, 15) is 0 Å². The molecule has 1 unspecified atom stereocenters. The van der Waals surface area contributed by atoms with E-state index >= 15 is 0 Å². The Morgan fingerprint density at radius 2 is 1.42 bits per heavy atom. The molecule has 0 aromatic carbocycles. The van der Waals surface area contributed by atoms with Crippen molar-refractivity contribution in [1.29, 1.82) is 0 Å². The largest absolute Gasteiger partial charge is 0.0654 e. The average Bonchev–Trinajstić information content (AvgIpc) is 3.11. The fourth-order valence-corrected chi connectivity index (χ4v) is 4.65. The zero-order chi connectivity index (χ0) is 13.3. The Balaban J connectivity index is 1.60. The molecule has 0 aromatic heterocycles. The molecule has 2 aliphatic rings. The molecule has 112 valence electrons. The fraction of sp³-hybridized carbons (Fsp3) is 1.00. The zero-order valence-corrected chi connectivity index (χ0v) is 13.3. The van der Waals surface area contributed by atoms with Crippen LogP contribution in [0.25, 0.3) is 0 Å². The Morgan fingerprint density at radius 3 is 2.11 bits per heavy atom. The molecule has 0 heterocycles. The summed E-state index contributed by atoms with van der Waals surface area (Å²) in [5.74, 6) is 3.31. The summed E-state index contributed by atoms with van der Waals surface area (Å²) in [6.07, 6.45) is 22.8. The first-order valence-corrected chi connectivity index (χ1v) is 9.40. The van der Waals surface area contributed by atoms with Crippen LogP contribution in [0.4, 0.5) is 0 Å². The summed E-state index contributed by atoms with van der Waals surface area (Å²) in [4.78, 5) is 0. The van der Waals surface area contributed by atoms with Gasteiger partial charge in [-0.25, -0.2) is 0 Å². The Labute approximate surface area is 121 Å². The lowest BCUT2D eigenvalue weighted by molar-refractivity contribution is 0.280. The molecule has 2 aliphatic carbocycles. The van der Waals surface area contributed by atoms with Crippen LogP contribution < -0.4 is 0 Å². The van der Waals surface area contributed by atoms with Gasteiger partial charge in [0, 0.05) is 0 Å². The molecule has 2 saturated carbocycles. The number of hydrogen-bond acceptors (Lipinski definition) is 0. The van der Waals surface area contributed by atoms with Crippen molar-refractivity contribution in [2.75, 3.05) is 0 Å². The second-order valence-corrected chi connectivity index (χ2v) is 7.38. The molecule has 0 N–H and O–H groups in total. The minimum Gasteiger partial charge on any atom is -0.0654 e. The number of unbranched alkanes of at least 4 members (excludes halogenated alkanes) is 2. The first-order chi connectivity index (χ1) is 9.40. The Morgan fingerprint density at radius 1 is 0.789 bits per heavy atom. The van der Waals surface area contributed by atoms with E-state index in [0.717, 1.165) is 17.8 Å². The summed E-state index contributed by atoms with van der Waals surface area (Å²) in [5, 5.41) is 0. The highest BCUT2D eigenvalue weighted by Crippen LogP contribution is 2.37. The van der Waals surface area contributed by atoms with Gasteiger partial charge in [-0.05, 0) is 17.8 Å². The Kier molecular flexibility index (Phi) is 7.32. The third kappa shape index (κ3) is 5.48. The molecule has 0 aromatic rings. The zero-order valence-electron chi connectivity index (χ0n) is 13.3. The topological polar surface area (TPSA) is 0 Å². The predicted molar refractivity (Wildman–Crippen MR) is 85.4 cm³/mol. The summed E-state index contributed by atoms with van der Waals surface area (Å²) in [6, 6.07) is 0. The van der Waals surface area contributed by atoms with Gasteiger partial charge >= 0.3 is 0 Å². The molecule has 2 fully saturated rings. The van der Waals surface area contributed by atoms with Crippen LogP contribution in [-0.4, -0.2) is 0 Å². The Bertz CT molecular complexity index is 208. The summed E-state index contributed by atoms with van der Waals surface area (Å²) < 4.78 is 0. The molecule has 0 radical (unpaired) electrons. The summed E-state index contributed by atoms with van der Waals surface area (Å²) in [6.45, 7) is 2.35. The van der Waals surface area contributed by atoms with Crippen molar-refractivity contribution < 1.29 is 0 Å². The van der Waals surface area contributed by atoms with E-state index in [4.69, 9.17) is 0 Å². The van der Waals surface area contributed by atoms with Crippen molar-refractivity contribution in [3.63, 3.8) is 0 Å². The maximum atomic E-state index is 2.35. The van der Waals surface area contributed by atoms with Gasteiger partial charge in [0.15, 0.2) is 0 Å². The highest BCUT2D eigenvalue weighted by Gasteiger charge is 2.24. The van der Waals surface area contributed by atoms with Gasteiger partial charge in [0.1, 0.15) is 0 Å². The lowest BCUT2D eigenvalue weighted by Crippen LogP contribution is -2.12. The molecule has 0 amide bonds. The van der Waals surface area contributed by atoms with Crippen LogP contribution in [0.2, 0.25) is 0 Å². The SMILES string of the molecule is CCCCC(CCCCC1CCCC1)C1CCCC1. The summed E-state index contributed by atoms with van der Waals surface area (Å²) in [7, 11) is 0. The normalized spacial score (nSPS) is 23.2. The molecule has 19 heavy (non-hydrogen) atoms. The second kappa shape index (κ2) is 9.03. The van der Waals surface area contributed by atoms with Gasteiger partial charge in [0.05, 0.1) is 0 Å². The van der Waals surface area contributed by atoms with E-state index in [1.54, 1.807) is 38.5 Å². The fourth-order valence-electron chi connectivity index (χ4n) is 4.65. The number of rotatable bonds is 9. The monoisotopic (exact) mass is 264 g/mol. The highest BCUT2D eigenvalue weighted by atomic mass is 14.3. The van der Waals surface area contributed by atoms with E-state index in [2.05, 4.69) is 6.92 Å². The molecule has 1 atom stereocenters. The first-order valence-electron chi connectivity index (χ1n) is 9.40. The molecule has 0 saturated heterocycles. The smallest absolute Gasteiger partial charge is 0.0386 e. The van der Waals surface area contributed by atoms with Crippen molar-refractivity contribution in [3.8, 4) is 0 Å². The molecule has 0 spiro atoms. The van der Waals surface area contributed by atoms with Crippen LogP contribution in [0.1, 0.15) is 103 Å². The van der Waals surface area contributed by atoms with E-state index in [1.807, 2.05) is 0 Å². The maximum Gasteiger partial charge on any atom is -0.0386 e. The van der Waals surface area contributed by atoms with E-state index in [0.29, 0.717) is 0 Å². The van der Waals surface area contributed by atoms with Crippen LogP contribution in [0.3, 0.4) is 0 Å². The lowest BCUT2D eigenvalue weighted by atomic mass is 9.82. The molecular weight excluding hydrogens is 228 g/mol. The van der Waals surface area contributed by atoms with Gasteiger partial charge in [-0.15, -0.1) is 0 Å². The van der Waals surface area contributed by atoms with E-state index in [-0.39, 0.29) is 0 Å². The molecule has 0 bridgehead atoms. The number of hydrogen-bond donors (Lipinski definition) is 0. The van der Waals surface area contributed by atoms with Gasteiger partial charge < -0.3 is 0 Å². The molecule has 2 rings (SSSR count). The molecule has 0 heteroatoms. The van der Waals surface area contributed by atoms with Crippen molar-refractivity contribution in [2.24, 2.45) is 17.8 Å². The van der Waals surface area contributed by atoms with Crippen LogP contribution >= 0.6 is 0 Å². The first kappa shape index (κ1) is 15.4. The average molecular weight is 264 g/mol. The minimum atomic E-state index is 1.09. The maximum absolute atomic E-state index is 2.35. The lowest BCUT2D eigenvalue weighted by Gasteiger charge is -2.23. The van der Waals surface area contributed by atoms with Crippen LogP contribution in [0.5, 0.6) is 0 Å². The Hall–Kier alpha value is 0. The van der Waals surface area contributed by atoms with Gasteiger partial charge in [-0.2, -0.15) is 0 Å². The summed E-state index contributed by atoms with van der Waals surface area (Å²) in [5.41, 5.74) is 0. The van der Waals surface area contributed by atoms with E-state index < -0.39 is 0 Å². The van der Waals surface area contributed by atoms with Crippen molar-refractivity contribution in [3.05, 3.63) is 0 Å². The standard InChI is InChI=1S/C19H36/c1-2-3-13-18(19-15-8-9-16-19)14-7-6-12-17-10-4-5-11-17/h17-19H,2-16H2,1H3. The minimum absolute atomic E-state index is 1.09. The van der Waals surface area contributed by atoms with Gasteiger partial charge in [0.2, 0.25) is 0 Å². The highest BCUT2D eigenvalue weighted by molar-refractivity contribution is 4.76. The van der Waals surface area contributed by atoms with Crippen molar-refractivity contribution in [1.82, 2.24) is 0 Å². The summed E-state index contributed by atoms with van der Waals surface area (Å²) >= 11 is 0. The van der Waals surface area contributed by atoms with Crippen molar-refractivity contribution >= 4 is 0 Å². The van der Waals surface area contributed by atoms with Crippen LogP contribution in [0.15, 0.2) is 0 Å². The van der Waals surface area contributed by atoms with Gasteiger partial charge in [-0.3, -0.25) is 0 Å². The van der Waals surface area contributed by atoms with Crippen LogP contribution in [0, 0.1) is 17.8 Å². The molecule has 0 nitrogen and oxygen atoms in total. The third-order valence-corrected chi connectivity index (χ3v) is 5.91. The predicted octanol–water partition coefficient (Wildman–Crippen LogP) is 6.73. The molecular formula is C19H36. The molecule has 0 aliphatic heterocycles. The second-order valence-electron chi connectivity index (χ2n) is 7.38. The van der Waals surface area contributed by atoms with Gasteiger partial charge in [-0.1, -0.05) is 103 Å². The third-order valence-electron chi connectivity index (χ3n) is 5.91. The van der Waals surface area contributed by atoms with Crippen molar-refractivity contribution in [2.45, 2.75) is 103 Å². The quantitative estimate of drug-likeness (QED) is 0.405.